The smallest absolute Gasteiger partial charge is 0.0361 e. The number of thiophene rings is 1. The van der Waals surface area contributed by atoms with Crippen LogP contribution in [-0.2, 0) is 5.41 Å². The lowest BCUT2D eigenvalue weighted by molar-refractivity contribution is 0.661. The Bertz CT molecular complexity index is 3010. The van der Waals surface area contributed by atoms with Gasteiger partial charge in [-0.2, -0.15) is 0 Å². The minimum absolute atomic E-state index is 0.0801. The molecule has 0 unspecified atom stereocenters. The molecule has 10 aromatic rings. The van der Waals surface area contributed by atoms with Gasteiger partial charge in [0.15, 0.2) is 0 Å². The second-order valence-electron chi connectivity index (χ2n) is 14.8. The SMILES string of the molecule is CC1(C)c2ccc(-c3ccc(-c4c5ccccc5c(-c5ccccc5)c5ccccc45)cc3)cc2-c2cc3ccc4sc5ccccc5c4c3cc21. The zero-order chi connectivity index (χ0) is 34.6. The van der Waals surface area contributed by atoms with Gasteiger partial charge in [0, 0.05) is 25.6 Å². The van der Waals surface area contributed by atoms with E-state index in [4.69, 9.17) is 0 Å². The van der Waals surface area contributed by atoms with Crippen molar-refractivity contribution in [3.63, 3.8) is 0 Å². The van der Waals surface area contributed by atoms with Gasteiger partial charge < -0.3 is 0 Å². The zero-order valence-corrected chi connectivity index (χ0v) is 29.9. The first-order valence-electron chi connectivity index (χ1n) is 18.2. The Hall–Kier alpha value is -6.02. The summed E-state index contributed by atoms with van der Waals surface area (Å²) >= 11 is 1.90. The Balaban J connectivity index is 1.04. The highest BCUT2D eigenvalue weighted by Gasteiger charge is 2.36. The molecule has 0 saturated carbocycles. The second kappa shape index (κ2) is 11.0. The number of benzene rings is 9. The molecule has 0 aliphatic heterocycles. The summed E-state index contributed by atoms with van der Waals surface area (Å²) in [5.74, 6) is 0. The quantitative estimate of drug-likeness (QED) is 0.163. The van der Waals surface area contributed by atoms with Crippen LogP contribution in [-0.4, -0.2) is 0 Å². The van der Waals surface area contributed by atoms with Gasteiger partial charge >= 0.3 is 0 Å². The molecule has 0 spiro atoms. The first-order chi connectivity index (χ1) is 25.5. The van der Waals surface area contributed by atoms with Crippen LogP contribution in [0.4, 0.5) is 0 Å². The fourth-order valence-corrected chi connectivity index (χ4v) is 10.3. The summed E-state index contributed by atoms with van der Waals surface area (Å²) in [6, 6.07) is 63.4. The van der Waals surface area contributed by atoms with E-state index in [1.165, 1.54) is 108 Å². The van der Waals surface area contributed by atoms with Crippen LogP contribution in [0.15, 0.2) is 170 Å². The van der Waals surface area contributed by atoms with E-state index in [0.29, 0.717) is 0 Å². The van der Waals surface area contributed by atoms with E-state index in [1.54, 1.807) is 0 Å². The molecule has 0 fully saturated rings. The van der Waals surface area contributed by atoms with Gasteiger partial charge in [-0.05, 0) is 118 Å². The molecule has 1 aliphatic rings. The monoisotopic (exact) mass is 678 g/mol. The van der Waals surface area contributed by atoms with Crippen LogP contribution in [0.25, 0.3) is 97.0 Å². The minimum atomic E-state index is -0.0801. The Morgan fingerprint density at radius 3 is 1.58 bits per heavy atom. The topological polar surface area (TPSA) is 0 Å². The molecule has 0 saturated heterocycles. The maximum absolute atomic E-state index is 2.50. The lowest BCUT2D eigenvalue weighted by atomic mass is 9.81. The predicted molar refractivity (Wildman–Crippen MR) is 226 cm³/mol. The van der Waals surface area contributed by atoms with Crippen molar-refractivity contribution in [3.8, 4) is 44.5 Å². The van der Waals surface area contributed by atoms with E-state index < -0.39 is 0 Å². The van der Waals surface area contributed by atoms with Crippen LogP contribution in [0.3, 0.4) is 0 Å². The summed E-state index contributed by atoms with van der Waals surface area (Å²) in [5, 5.41) is 10.6. The van der Waals surface area contributed by atoms with E-state index in [1.807, 2.05) is 11.3 Å². The molecule has 11 rings (SSSR count). The number of fused-ring (bicyclic) bond motifs is 10. The van der Waals surface area contributed by atoms with Gasteiger partial charge in [-0.3, -0.25) is 0 Å². The lowest BCUT2D eigenvalue weighted by Gasteiger charge is -2.22. The Morgan fingerprint density at radius 1 is 0.365 bits per heavy atom. The van der Waals surface area contributed by atoms with E-state index in [-0.39, 0.29) is 5.41 Å². The van der Waals surface area contributed by atoms with Gasteiger partial charge in [0.25, 0.3) is 0 Å². The average molecular weight is 679 g/mol. The lowest BCUT2D eigenvalue weighted by Crippen LogP contribution is -2.14. The van der Waals surface area contributed by atoms with Gasteiger partial charge in [0.05, 0.1) is 0 Å². The van der Waals surface area contributed by atoms with Crippen LogP contribution < -0.4 is 0 Å². The molecule has 1 aliphatic carbocycles. The molecule has 1 aromatic heterocycles. The van der Waals surface area contributed by atoms with Crippen molar-refractivity contribution < 1.29 is 0 Å². The normalized spacial score (nSPS) is 13.3. The molecular weight excluding hydrogens is 645 g/mol. The van der Waals surface area contributed by atoms with Crippen molar-refractivity contribution in [1.82, 2.24) is 0 Å². The van der Waals surface area contributed by atoms with Crippen molar-refractivity contribution in [2.45, 2.75) is 19.3 Å². The first-order valence-corrected chi connectivity index (χ1v) is 19.0. The van der Waals surface area contributed by atoms with Crippen molar-refractivity contribution >= 4 is 63.8 Å². The molecule has 1 heteroatoms. The molecule has 52 heavy (non-hydrogen) atoms. The van der Waals surface area contributed by atoms with Crippen LogP contribution in [0.5, 0.6) is 0 Å². The maximum atomic E-state index is 2.50. The van der Waals surface area contributed by atoms with Crippen LogP contribution >= 0.6 is 11.3 Å². The number of hydrogen-bond acceptors (Lipinski definition) is 1. The van der Waals surface area contributed by atoms with Crippen LogP contribution in [0, 0.1) is 0 Å². The summed E-state index contributed by atoms with van der Waals surface area (Å²) in [6.45, 7) is 4.78. The summed E-state index contributed by atoms with van der Waals surface area (Å²) < 4.78 is 2.72. The largest absolute Gasteiger partial charge is 0.135 e. The van der Waals surface area contributed by atoms with Crippen LogP contribution in [0.1, 0.15) is 25.0 Å². The Labute approximate surface area is 307 Å². The molecule has 0 nitrogen and oxygen atoms in total. The first kappa shape index (κ1) is 29.7. The summed E-state index contributed by atoms with van der Waals surface area (Å²) in [7, 11) is 0. The van der Waals surface area contributed by atoms with Gasteiger partial charge in [-0.15, -0.1) is 11.3 Å². The summed E-state index contributed by atoms with van der Waals surface area (Å²) in [4.78, 5) is 0. The fourth-order valence-electron chi connectivity index (χ4n) is 9.16. The summed E-state index contributed by atoms with van der Waals surface area (Å²) in [6.07, 6.45) is 0. The Morgan fingerprint density at radius 2 is 0.904 bits per heavy atom. The molecule has 0 amide bonds. The van der Waals surface area contributed by atoms with Gasteiger partial charge in [0.2, 0.25) is 0 Å². The molecule has 1 heterocycles. The number of rotatable bonds is 3. The molecule has 244 valence electrons. The summed E-state index contributed by atoms with van der Waals surface area (Å²) in [5.41, 5.74) is 13.0. The van der Waals surface area contributed by atoms with E-state index in [0.717, 1.165) is 0 Å². The molecule has 0 N–H and O–H groups in total. The fraction of sp³-hybridized carbons (Fsp3) is 0.0588. The molecule has 0 radical (unpaired) electrons. The minimum Gasteiger partial charge on any atom is -0.135 e. The molecule has 0 atom stereocenters. The molecule has 9 aromatic carbocycles. The molecule has 0 bridgehead atoms. The highest BCUT2D eigenvalue weighted by molar-refractivity contribution is 7.26. The van der Waals surface area contributed by atoms with Gasteiger partial charge in [0.1, 0.15) is 0 Å². The molecular formula is C51H34S. The second-order valence-corrected chi connectivity index (χ2v) is 15.9. The van der Waals surface area contributed by atoms with Gasteiger partial charge in [-0.1, -0.05) is 153 Å². The standard InChI is InChI=1S/C51H34S/c1-51(2)44-26-24-34(28-42(44)43-29-35-25-27-47-50(41(35)30-45(43)51)40-18-10-11-19-46(40)52-47)31-20-22-33(23-21-31)49-38-16-8-6-14-36(38)48(32-12-4-3-5-13-32)37-15-7-9-17-39(37)49/h3-30H,1-2H3. The van der Waals surface area contributed by atoms with Crippen LogP contribution in [0.2, 0.25) is 0 Å². The van der Waals surface area contributed by atoms with E-state index >= 15 is 0 Å². The third-order valence-corrected chi connectivity index (χ3v) is 12.8. The third kappa shape index (κ3) is 4.21. The highest BCUT2D eigenvalue weighted by atomic mass is 32.1. The zero-order valence-electron chi connectivity index (χ0n) is 29.1. The Kier molecular flexibility index (Phi) is 6.27. The van der Waals surface area contributed by atoms with Gasteiger partial charge in [-0.25, -0.2) is 0 Å². The van der Waals surface area contributed by atoms with E-state index in [9.17, 15) is 0 Å². The average Bonchev–Trinajstić information content (AvgIpc) is 3.68. The number of hydrogen-bond donors (Lipinski definition) is 0. The predicted octanol–water partition coefficient (Wildman–Crippen LogP) is 14.8. The maximum Gasteiger partial charge on any atom is 0.0361 e. The third-order valence-electron chi connectivity index (χ3n) is 11.7. The van der Waals surface area contributed by atoms with Crippen molar-refractivity contribution in [2.24, 2.45) is 0 Å². The highest BCUT2D eigenvalue weighted by Crippen LogP contribution is 2.52. The van der Waals surface area contributed by atoms with Crippen molar-refractivity contribution in [3.05, 3.63) is 181 Å². The van der Waals surface area contributed by atoms with E-state index in [2.05, 4.69) is 184 Å². The van der Waals surface area contributed by atoms with Crippen molar-refractivity contribution in [2.75, 3.05) is 0 Å². The van der Waals surface area contributed by atoms with Crippen molar-refractivity contribution in [1.29, 1.82) is 0 Å².